The fourth-order valence-electron chi connectivity index (χ4n) is 4.25. The third kappa shape index (κ3) is 2.89. The van der Waals surface area contributed by atoms with E-state index in [9.17, 15) is 9.18 Å². The summed E-state index contributed by atoms with van der Waals surface area (Å²) in [7, 11) is 0. The molecule has 1 heterocycles. The Labute approximate surface area is 142 Å². The summed E-state index contributed by atoms with van der Waals surface area (Å²) in [6.07, 6.45) is 3.67. The van der Waals surface area contributed by atoms with Gasteiger partial charge < -0.3 is 0 Å². The molecule has 0 atom stereocenters. The molecule has 4 rings (SSSR count). The molecule has 3 heteroatoms. The highest BCUT2D eigenvalue weighted by Crippen LogP contribution is 2.42. The second-order valence-electron chi connectivity index (χ2n) is 7.32. The van der Waals surface area contributed by atoms with Crippen molar-refractivity contribution < 1.29 is 9.18 Å². The van der Waals surface area contributed by atoms with E-state index in [1.54, 1.807) is 6.07 Å². The van der Waals surface area contributed by atoms with Gasteiger partial charge in [0.05, 0.1) is 0 Å². The number of carbonyl (C=O) groups is 1. The molecular weight excluding hydrogens is 301 g/mol. The molecule has 2 nitrogen and oxygen atoms in total. The monoisotopic (exact) mass is 323 g/mol. The third-order valence-corrected chi connectivity index (χ3v) is 5.59. The lowest BCUT2D eigenvalue weighted by atomic mass is 9.69. The van der Waals surface area contributed by atoms with Crippen LogP contribution in [0.5, 0.6) is 0 Å². The van der Waals surface area contributed by atoms with Crippen molar-refractivity contribution in [2.75, 3.05) is 13.1 Å². The van der Waals surface area contributed by atoms with Crippen LogP contribution in [0.1, 0.15) is 40.7 Å². The summed E-state index contributed by atoms with van der Waals surface area (Å²) in [6, 6.07) is 15.0. The van der Waals surface area contributed by atoms with Crippen molar-refractivity contribution in [2.24, 2.45) is 5.41 Å². The van der Waals surface area contributed by atoms with Gasteiger partial charge >= 0.3 is 0 Å². The number of Topliss-reactive ketones (excluding diaryl/α,β-unsaturated/α-hetero) is 1. The Hall–Kier alpha value is -2.00. The number of fused-ring (bicyclic) bond motifs is 1. The summed E-state index contributed by atoms with van der Waals surface area (Å²) in [5.41, 5.74) is 3.10. The number of ketones is 1. The van der Waals surface area contributed by atoms with Crippen molar-refractivity contribution in [1.82, 2.24) is 4.90 Å². The first-order valence-electron chi connectivity index (χ1n) is 8.72. The van der Waals surface area contributed by atoms with Crippen LogP contribution in [0.2, 0.25) is 0 Å². The molecule has 0 saturated carbocycles. The summed E-state index contributed by atoms with van der Waals surface area (Å²) in [5, 5.41) is 0. The molecule has 0 amide bonds. The van der Waals surface area contributed by atoms with Crippen molar-refractivity contribution in [3.63, 3.8) is 0 Å². The Morgan fingerprint density at radius 1 is 0.958 bits per heavy atom. The molecule has 0 N–H and O–H groups in total. The van der Waals surface area contributed by atoms with Gasteiger partial charge in [-0.3, -0.25) is 9.69 Å². The second kappa shape index (κ2) is 6.14. The SMILES string of the molecule is O=C1CCC2(CCc3ccccc31)CN(Cc1ccccc1F)C2. The maximum absolute atomic E-state index is 13.8. The molecule has 1 saturated heterocycles. The zero-order valence-corrected chi connectivity index (χ0v) is 13.8. The minimum atomic E-state index is -0.125. The molecule has 2 aromatic carbocycles. The predicted molar refractivity (Wildman–Crippen MR) is 92.4 cm³/mol. The van der Waals surface area contributed by atoms with Gasteiger partial charge in [0.15, 0.2) is 5.78 Å². The van der Waals surface area contributed by atoms with Crippen LogP contribution in [0, 0.1) is 11.2 Å². The standard InChI is InChI=1S/C21H22FNO/c22-19-8-4-2-6-17(19)13-23-14-21(15-23)11-9-16-5-1-3-7-18(16)20(24)10-12-21/h1-8H,9-15H2. The third-order valence-electron chi connectivity index (χ3n) is 5.59. The van der Waals surface area contributed by atoms with Crippen LogP contribution < -0.4 is 0 Å². The molecule has 1 aliphatic carbocycles. The maximum atomic E-state index is 13.8. The highest BCUT2D eigenvalue weighted by Gasteiger charge is 2.43. The molecule has 2 aliphatic rings. The van der Waals surface area contributed by atoms with Crippen LogP contribution in [0.4, 0.5) is 4.39 Å². The number of rotatable bonds is 2. The number of halogens is 1. The molecule has 24 heavy (non-hydrogen) atoms. The van der Waals surface area contributed by atoms with E-state index in [0.29, 0.717) is 13.0 Å². The molecule has 1 aliphatic heterocycles. The highest BCUT2D eigenvalue weighted by atomic mass is 19.1. The lowest BCUT2D eigenvalue weighted by Crippen LogP contribution is -2.56. The summed E-state index contributed by atoms with van der Waals surface area (Å²) in [5.74, 6) is 0.150. The number of likely N-dealkylation sites (tertiary alicyclic amines) is 1. The van der Waals surface area contributed by atoms with Crippen molar-refractivity contribution >= 4 is 5.78 Å². The zero-order chi connectivity index (χ0) is 16.6. The number of nitrogens with zero attached hydrogens (tertiary/aromatic N) is 1. The summed E-state index contributed by atoms with van der Waals surface area (Å²) >= 11 is 0. The lowest BCUT2D eigenvalue weighted by Gasteiger charge is -2.51. The minimum Gasteiger partial charge on any atom is -0.298 e. The molecule has 0 bridgehead atoms. The zero-order valence-electron chi connectivity index (χ0n) is 13.8. The molecule has 2 aromatic rings. The lowest BCUT2D eigenvalue weighted by molar-refractivity contribution is -0.0207. The van der Waals surface area contributed by atoms with Crippen LogP contribution in [-0.2, 0) is 13.0 Å². The van der Waals surface area contributed by atoms with E-state index in [-0.39, 0.29) is 17.0 Å². The van der Waals surface area contributed by atoms with Crippen LogP contribution in [0.15, 0.2) is 48.5 Å². The Morgan fingerprint density at radius 2 is 1.67 bits per heavy atom. The Kier molecular flexibility index (Phi) is 3.97. The van der Waals surface area contributed by atoms with Crippen LogP contribution in [0.3, 0.4) is 0 Å². The highest BCUT2D eigenvalue weighted by molar-refractivity contribution is 5.97. The Balaban J connectivity index is 1.44. The topological polar surface area (TPSA) is 20.3 Å². The van der Waals surface area contributed by atoms with Crippen LogP contribution in [-0.4, -0.2) is 23.8 Å². The van der Waals surface area contributed by atoms with E-state index in [2.05, 4.69) is 11.0 Å². The van der Waals surface area contributed by atoms with Crippen molar-refractivity contribution in [3.8, 4) is 0 Å². The van der Waals surface area contributed by atoms with Crippen molar-refractivity contribution in [3.05, 3.63) is 71.0 Å². The van der Waals surface area contributed by atoms with Gasteiger partial charge in [0.1, 0.15) is 5.82 Å². The van der Waals surface area contributed by atoms with Crippen LogP contribution >= 0.6 is 0 Å². The first-order chi connectivity index (χ1) is 11.7. The van der Waals surface area contributed by atoms with E-state index >= 15 is 0 Å². The molecule has 1 spiro atoms. The fourth-order valence-corrected chi connectivity index (χ4v) is 4.25. The number of hydrogen-bond donors (Lipinski definition) is 0. The smallest absolute Gasteiger partial charge is 0.163 e. The van der Waals surface area contributed by atoms with Gasteiger partial charge in [0.25, 0.3) is 0 Å². The fraction of sp³-hybridized carbons (Fsp3) is 0.381. The van der Waals surface area contributed by atoms with Gasteiger partial charge in [-0.15, -0.1) is 0 Å². The first-order valence-corrected chi connectivity index (χ1v) is 8.72. The Morgan fingerprint density at radius 3 is 2.50 bits per heavy atom. The van der Waals surface area contributed by atoms with Gasteiger partial charge in [-0.25, -0.2) is 4.39 Å². The molecular formula is C21H22FNO. The van der Waals surface area contributed by atoms with Crippen molar-refractivity contribution in [1.29, 1.82) is 0 Å². The average molecular weight is 323 g/mol. The molecule has 0 aromatic heterocycles. The van der Waals surface area contributed by atoms with Gasteiger partial charge in [-0.1, -0.05) is 42.5 Å². The normalized spacial score (nSPS) is 20.1. The first kappa shape index (κ1) is 15.5. The summed E-state index contributed by atoms with van der Waals surface area (Å²) in [6.45, 7) is 2.60. The molecule has 0 radical (unpaired) electrons. The van der Waals surface area contributed by atoms with Crippen molar-refractivity contribution in [2.45, 2.75) is 32.2 Å². The van der Waals surface area contributed by atoms with Gasteiger partial charge in [0.2, 0.25) is 0 Å². The van der Waals surface area contributed by atoms with E-state index < -0.39 is 0 Å². The van der Waals surface area contributed by atoms with Gasteiger partial charge in [-0.05, 0) is 36.3 Å². The number of benzene rings is 2. The minimum absolute atomic E-state index is 0.125. The van der Waals surface area contributed by atoms with E-state index in [1.165, 1.54) is 11.6 Å². The van der Waals surface area contributed by atoms with E-state index in [0.717, 1.165) is 43.5 Å². The molecule has 1 fully saturated rings. The number of carbonyl (C=O) groups excluding carboxylic acids is 1. The average Bonchev–Trinajstić information content (AvgIpc) is 2.56. The number of aryl methyl sites for hydroxylation is 1. The van der Waals surface area contributed by atoms with E-state index in [4.69, 9.17) is 0 Å². The van der Waals surface area contributed by atoms with Gasteiger partial charge in [-0.2, -0.15) is 0 Å². The molecule has 124 valence electrons. The quantitative estimate of drug-likeness (QED) is 0.824. The van der Waals surface area contributed by atoms with Gasteiger partial charge in [0, 0.05) is 37.2 Å². The largest absolute Gasteiger partial charge is 0.298 e. The predicted octanol–water partition coefficient (Wildman–Crippen LogP) is 4.24. The second-order valence-corrected chi connectivity index (χ2v) is 7.32. The molecule has 0 unspecified atom stereocenters. The maximum Gasteiger partial charge on any atom is 0.163 e. The summed E-state index contributed by atoms with van der Waals surface area (Å²) in [4.78, 5) is 14.7. The summed E-state index contributed by atoms with van der Waals surface area (Å²) < 4.78 is 13.8. The van der Waals surface area contributed by atoms with Crippen LogP contribution in [0.25, 0.3) is 0 Å². The van der Waals surface area contributed by atoms with E-state index in [1.807, 2.05) is 30.3 Å². The Bertz CT molecular complexity index is 764. The number of hydrogen-bond acceptors (Lipinski definition) is 2.